The normalized spacial score (nSPS) is 10.3. The van der Waals surface area contributed by atoms with Crippen LogP contribution in [0.1, 0.15) is 5.56 Å². The van der Waals surface area contributed by atoms with E-state index in [1.54, 1.807) is 39.3 Å². The Bertz CT molecular complexity index is 585. The van der Waals surface area contributed by atoms with Crippen LogP contribution in [-0.2, 0) is 5.11 Å². The van der Waals surface area contributed by atoms with E-state index in [-0.39, 0.29) is 5.75 Å². The summed E-state index contributed by atoms with van der Waals surface area (Å²) in [5.41, 5.74) is 2.05. The largest absolute Gasteiger partial charge is 0.493 e. The number of benzene rings is 2. The Morgan fingerprint density at radius 2 is 1.84 bits per heavy atom. The van der Waals surface area contributed by atoms with Crippen LogP contribution in [0.25, 0.3) is 11.1 Å². The summed E-state index contributed by atoms with van der Waals surface area (Å²) >= 11 is 6.07. The van der Waals surface area contributed by atoms with Crippen LogP contribution in [0, 0.1) is 6.92 Å². The number of ether oxygens (including phenoxy) is 2. The van der Waals surface area contributed by atoms with E-state index in [1.807, 2.05) is 12.1 Å². The van der Waals surface area contributed by atoms with Gasteiger partial charge in [0.25, 0.3) is 0 Å². The van der Waals surface area contributed by atoms with E-state index in [2.05, 4.69) is 0 Å². The summed E-state index contributed by atoms with van der Waals surface area (Å²) in [6.45, 7) is 1.71. The standard InChI is InChI=1S/C15H14ClO3/c1-9-12(16)7-10(8-13(9)17)11-5-4-6-14(18-2)15(11)19-3/h4-8H,1-3H3. The molecule has 0 unspecified atom stereocenters. The molecule has 2 rings (SSSR count). The van der Waals surface area contributed by atoms with Crippen molar-refractivity contribution in [3.8, 4) is 28.4 Å². The van der Waals surface area contributed by atoms with Crippen molar-refractivity contribution in [3.05, 3.63) is 40.9 Å². The number of para-hydroxylation sites is 1. The lowest BCUT2D eigenvalue weighted by molar-refractivity contribution is 0.351. The molecule has 4 heteroatoms. The minimum Gasteiger partial charge on any atom is -0.493 e. The molecule has 0 fully saturated rings. The monoisotopic (exact) mass is 277 g/mol. The van der Waals surface area contributed by atoms with Crippen LogP contribution in [0.5, 0.6) is 17.2 Å². The Kier molecular flexibility index (Phi) is 3.86. The molecule has 1 radical (unpaired) electrons. The van der Waals surface area contributed by atoms with Gasteiger partial charge in [-0.25, -0.2) is 0 Å². The molecule has 3 nitrogen and oxygen atoms in total. The average molecular weight is 278 g/mol. The third-order valence-corrected chi connectivity index (χ3v) is 3.40. The van der Waals surface area contributed by atoms with Crippen molar-refractivity contribution < 1.29 is 14.6 Å². The van der Waals surface area contributed by atoms with Gasteiger partial charge in [-0.3, -0.25) is 5.11 Å². The lowest BCUT2D eigenvalue weighted by Gasteiger charge is -2.13. The fourth-order valence-corrected chi connectivity index (χ4v) is 2.13. The molecule has 2 aromatic carbocycles. The Hall–Kier alpha value is -1.87. The molecule has 0 saturated carbocycles. The highest BCUT2D eigenvalue weighted by Gasteiger charge is 2.14. The lowest BCUT2D eigenvalue weighted by Crippen LogP contribution is -1.93. The lowest BCUT2D eigenvalue weighted by atomic mass is 10.0. The minimum atomic E-state index is -0.0904. The zero-order chi connectivity index (χ0) is 14.0. The highest BCUT2D eigenvalue weighted by Crippen LogP contribution is 2.40. The van der Waals surface area contributed by atoms with Gasteiger partial charge in [0, 0.05) is 16.1 Å². The first-order chi connectivity index (χ1) is 9.08. The first-order valence-corrected chi connectivity index (χ1v) is 6.14. The third-order valence-electron chi connectivity index (χ3n) is 3.01. The predicted molar refractivity (Wildman–Crippen MR) is 74.9 cm³/mol. The van der Waals surface area contributed by atoms with Crippen molar-refractivity contribution in [2.75, 3.05) is 14.2 Å². The molecule has 0 bridgehead atoms. The second kappa shape index (κ2) is 5.41. The molecule has 0 aliphatic rings. The predicted octanol–water partition coefficient (Wildman–Crippen LogP) is 4.48. The highest BCUT2D eigenvalue weighted by atomic mass is 35.5. The summed E-state index contributed by atoms with van der Waals surface area (Å²) in [6, 6.07) is 8.82. The Labute approximate surface area is 117 Å². The van der Waals surface area contributed by atoms with E-state index in [1.165, 1.54) is 0 Å². The molecule has 99 valence electrons. The maximum absolute atomic E-state index is 11.8. The van der Waals surface area contributed by atoms with Gasteiger partial charge in [0.1, 0.15) is 0 Å². The van der Waals surface area contributed by atoms with Gasteiger partial charge in [-0.1, -0.05) is 23.7 Å². The zero-order valence-electron chi connectivity index (χ0n) is 11.0. The van der Waals surface area contributed by atoms with Crippen LogP contribution in [0.2, 0.25) is 5.02 Å². The summed E-state index contributed by atoms with van der Waals surface area (Å²) in [5, 5.41) is 12.3. The molecule has 0 N–H and O–H groups in total. The van der Waals surface area contributed by atoms with Crippen LogP contribution in [0.3, 0.4) is 0 Å². The van der Waals surface area contributed by atoms with Crippen molar-refractivity contribution in [3.63, 3.8) is 0 Å². The molecule has 0 saturated heterocycles. The van der Waals surface area contributed by atoms with Crippen LogP contribution in [0.15, 0.2) is 30.3 Å². The molecule has 19 heavy (non-hydrogen) atoms. The molecule has 0 heterocycles. The highest BCUT2D eigenvalue weighted by molar-refractivity contribution is 6.31. The zero-order valence-corrected chi connectivity index (χ0v) is 11.7. The van der Waals surface area contributed by atoms with Crippen LogP contribution in [-0.4, -0.2) is 14.2 Å². The van der Waals surface area contributed by atoms with Crippen molar-refractivity contribution in [1.82, 2.24) is 0 Å². The van der Waals surface area contributed by atoms with Gasteiger partial charge < -0.3 is 9.47 Å². The first-order valence-electron chi connectivity index (χ1n) is 5.77. The number of hydrogen-bond acceptors (Lipinski definition) is 2. The molecular formula is C15H14ClO3. The molecule has 0 aromatic heterocycles. The number of halogens is 1. The quantitative estimate of drug-likeness (QED) is 0.830. The fraction of sp³-hybridized carbons (Fsp3) is 0.200. The van der Waals surface area contributed by atoms with E-state index in [0.29, 0.717) is 22.1 Å². The number of methoxy groups -OCH3 is 2. The topological polar surface area (TPSA) is 38.4 Å². The van der Waals surface area contributed by atoms with Crippen LogP contribution < -0.4 is 9.47 Å². The van der Waals surface area contributed by atoms with Gasteiger partial charge in [-0.05, 0) is 30.7 Å². The van der Waals surface area contributed by atoms with E-state index < -0.39 is 0 Å². The van der Waals surface area contributed by atoms with Gasteiger partial charge in [0.15, 0.2) is 17.2 Å². The molecule has 0 amide bonds. The van der Waals surface area contributed by atoms with Crippen LogP contribution >= 0.6 is 11.6 Å². The van der Waals surface area contributed by atoms with Gasteiger partial charge >= 0.3 is 0 Å². The first kappa shape index (κ1) is 13.6. The Balaban J connectivity index is 2.65. The van der Waals surface area contributed by atoms with Gasteiger partial charge in [0.2, 0.25) is 0 Å². The number of hydrogen-bond donors (Lipinski definition) is 0. The average Bonchev–Trinajstić information content (AvgIpc) is 2.43. The minimum absolute atomic E-state index is 0.0904. The smallest absolute Gasteiger partial charge is 0.183 e. The summed E-state index contributed by atoms with van der Waals surface area (Å²) in [7, 11) is 3.14. The van der Waals surface area contributed by atoms with E-state index in [0.717, 1.165) is 11.1 Å². The number of rotatable bonds is 3. The Morgan fingerprint density at radius 1 is 1.11 bits per heavy atom. The molecule has 0 aliphatic heterocycles. The van der Waals surface area contributed by atoms with Gasteiger partial charge in [0.05, 0.1) is 14.2 Å². The maximum atomic E-state index is 11.8. The molecular weight excluding hydrogens is 264 g/mol. The third kappa shape index (κ3) is 2.47. The van der Waals surface area contributed by atoms with Crippen molar-refractivity contribution in [2.24, 2.45) is 0 Å². The van der Waals surface area contributed by atoms with Crippen molar-refractivity contribution in [2.45, 2.75) is 6.92 Å². The van der Waals surface area contributed by atoms with Gasteiger partial charge in [-0.15, -0.1) is 0 Å². The summed E-state index contributed by atoms with van der Waals surface area (Å²) in [5.74, 6) is 1.11. The molecule has 0 aliphatic carbocycles. The maximum Gasteiger partial charge on any atom is 0.183 e. The second-order valence-electron chi connectivity index (χ2n) is 4.12. The SMILES string of the molecule is COc1cccc(-c2cc([O])c(C)c(Cl)c2)c1OC. The summed E-state index contributed by atoms with van der Waals surface area (Å²) < 4.78 is 10.6. The van der Waals surface area contributed by atoms with Crippen molar-refractivity contribution in [1.29, 1.82) is 0 Å². The molecule has 0 atom stereocenters. The van der Waals surface area contributed by atoms with E-state index in [9.17, 15) is 5.11 Å². The molecule has 0 spiro atoms. The van der Waals surface area contributed by atoms with Crippen LogP contribution in [0.4, 0.5) is 0 Å². The summed E-state index contributed by atoms with van der Waals surface area (Å²) in [6.07, 6.45) is 0. The van der Waals surface area contributed by atoms with Crippen molar-refractivity contribution >= 4 is 11.6 Å². The van der Waals surface area contributed by atoms with E-state index in [4.69, 9.17) is 21.1 Å². The van der Waals surface area contributed by atoms with Gasteiger partial charge in [-0.2, -0.15) is 0 Å². The summed E-state index contributed by atoms with van der Waals surface area (Å²) in [4.78, 5) is 0. The molecule has 2 aromatic rings. The second-order valence-corrected chi connectivity index (χ2v) is 4.53. The fourth-order valence-electron chi connectivity index (χ4n) is 1.92. The Morgan fingerprint density at radius 3 is 2.42 bits per heavy atom. The van der Waals surface area contributed by atoms with E-state index >= 15 is 0 Å².